The van der Waals surface area contributed by atoms with E-state index < -0.39 is 28.5 Å². The lowest BCUT2D eigenvalue weighted by Crippen LogP contribution is -2.50. The summed E-state index contributed by atoms with van der Waals surface area (Å²) in [5.41, 5.74) is 2.66. The van der Waals surface area contributed by atoms with Gasteiger partial charge in [-0.05, 0) is 62.2 Å². The second-order valence-electron chi connectivity index (χ2n) is 8.55. The molecule has 0 aliphatic rings. The summed E-state index contributed by atoms with van der Waals surface area (Å²) in [7, 11) is -2.62. The molecule has 0 saturated heterocycles. The fourth-order valence-electron chi connectivity index (χ4n) is 3.82. The summed E-state index contributed by atoms with van der Waals surface area (Å²) >= 11 is 6.12. The predicted octanol–water partition coefficient (Wildman–Crippen LogP) is 4.32. The Morgan fingerprint density at radius 2 is 1.61 bits per heavy atom. The third-order valence-corrected chi connectivity index (χ3v) is 7.93. The Labute approximate surface area is 217 Å². The maximum Gasteiger partial charge on any atom is 0.264 e. The highest BCUT2D eigenvalue weighted by Gasteiger charge is 2.32. The molecule has 0 saturated carbocycles. The molecule has 0 radical (unpaired) electrons. The molecule has 3 rings (SSSR count). The highest BCUT2D eigenvalue weighted by Crippen LogP contribution is 2.29. The highest BCUT2D eigenvalue weighted by molar-refractivity contribution is 7.92. The van der Waals surface area contributed by atoms with Crippen molar-refractivity contribution in [1.29, 1.82) is 0 Å². The fraction of sp³-hybridized carbons (Fsp3) is 0.259. The number of halogens is 1. The quantitative estimate of drug-likeness (QED) is 0.449. The van der Waals surface area contributed by atoms with Gasteiger partial charge in [0.15, 0.2) is 0 Å². The monoisotopic (exact) mass is 527 g/mol. The zero-order valence-corrected chi connectivity index (χ0v) is 22.3. The Morgan fingerprint density at radius 1 is 0.972 bits per heavy atom. The van der Waals surface area contributed by atoms with Crippen molar-refractivity contribution in [2.45, 2.75) is 38.3 Å². The molecule has 190 valence electrons. The maximum absolute atomic E-state index is 13.8. The number of aryl methyl sites for hydroxylation is 2. The van der Waals surface area contributed by atoms with Crippen LogP contribution in [0.1, 0.15) is 23.6 Å². The predicted molar refractivity (Wildman–Crippen MR) is 142 cm³/mol. The first-order valence-electron chi connectivity index (χ1n) is 11.4. The number of nitrogens with one attached hydrogen (secondary N) is 1. The number of carbonyl (C=O) groups is 2. The highest BCUT2D eigenvalue weighted by atomic mass is 35.5. The van der Waals surface area contributed by atoms with Crippen LogP contribution < -0.4 is 9.62 Å². The minimum atomic E-state index is -4.12. The molecule has 0 fully saturated rings. The number of nitrogens with zero attached hydrogens (tertiary/aromatic N) is 2. The van der Waals surface area contributed by atoms with Gasteiger partial charge in [-0.3, -0.25) is 13.9 Å². The minimum Gasteiger partial charge on any atom is -0.357 e. The van der Waals surface area contributed by atoms with Crippen molar-refractivity contribution in [3.05, 3.63) is 94.5 Å². The van der Waals surface area contributed by atoms with Crippen LogP contribution >= 0.6 is 11.6 Å². The number of anilines is 1. The summed E-state index contributed by atoms with van der Waals surface area (Å²) in [4.78, 5) is 27.7. The first-order chi connectivity index (χ1) is 17.0. The summed E-state index contributed by atoms with van der Waals surface area (Å²) in [6.45, 7) is 4.87. The van der Waals surface area contributed by atoms with Gasteiger partial charge in [0.25, 0.3) is 10.0 Å². The number of rotatable bonds is 9. The van der Waals surface area contributed by atoms with Gasteiger partial charge in [-0.2, -0.15) is 0 Å². The van der Waals surface area contributed by atoms with Crippen LogP contribution in [-0.4, -0.2) is 44.8 Å². The molecule has 1 atom stereocenters. The van der Waals surface area contributed by atoms with E-state index >= 15 is 0 Å². The molecule has 9 heteroatoms. The van der Waals surface area contributed by atoms with Crippen molar-refractivity contribution in [1.82, 2.24) is 10.2 Å². The molecule has 7 nitrogen and oxygen atoms in total. The van der Waals surface area contributed by atoms with Crippen molar-refractivity contribution in [3.63, 3.8) is 0 Å². The van der Waals surface area contributed by atoms with Gasteiger partial charge in [-0.25, -0.2) is 8.42 Å². The molecule has 3 aromatic carbocycles. The molecule has 0 spiro atoms. The van der Waals surface area contributed by atoms with Gasteiger partial charge in [0.1, 0.15) is 12.6 Å². The van der Waals surface area contributed by atoms with Gasteiger partial charge in [-0.15, -0.1) is 0 Å². The van der Waals surface area contributed by atoms with Crippen molar-refractivity contribution >= 4 is 39.1 Å². The van der Waals surface area contributed by atoms with Crippen LogP contribution in [0.15, 0.2) is 77.7 Å². The van der Waals surface area contributed by atoms with Gasteiger partial charge in [0, 0.05) is 18.6 Å². The van der Waals surface area contributed by atoms with E-state index in [9.17, 15) is 18.0 Å². The second-order valence-corrected chi connectivity index (χ2v) is 10.9. The average molecular weight is 528 g/mol. The number of likely N-dealkylation sites (N-methyl/N-ethyl adjacent to an activating group) is 1. The van der Waals surface area contributed by atoms with Crippen LogP contribution in [0.25, 0.3) is 0 Å². The van der Waals surface area contributed by atoms with Crippen LogP contribution in [0.4, 0.5) is 5.69 Å². The van der Waals surface area contributed by atoms with Gasteiger partial charge in [0.05, 0.1) is 10.6 Å². The molecule has 0 aliphatic carbocycles. The molecular formula is C27H30ClN3O4S. The van der Waals surface area contributed by atoms with E-state index in [0.29, 0.717) is 16.3 Å². The maximum atomic E-state index is 13.8. The third-order valence-electron chi connectivity index (χ3n) is 5.92. The molecule has 1 unspecified atom stereocenters. The van der Waals surface area contributed by atoms with Crippen LogP contribution in [-0.2, 0) is 26.2 Å². The average Bonchev–Trinajstić information content (AvgIpc) is 2.86. The van der Waals surface area contributed by atoms with Crippen LogP contribution in [0.5, 0.6) is 0 Å². The zero-order valence-electron chi connectivity index (χ0n) is 20.7. The number of hydrogen-bond donors (Lipinski definition) is 1. The Balaban J connectivity index is 2.06. The van der Waals surface area contributed by atoms with Crippen molar-refractivity contribution < 1.29 is 18.0 Å². The number of benzene rings is 3. The Hall–Kier alpha value is -3.36. The molecule has 2 amide bonds. The molecule has 36 heavy (non-hydrogen) atoms. The van der Waals surface area contributed by atoms with E-state index in [-0.39, 0.29) is 17.3 Å². The molecular weight excluding hydrogens is 498 g/mol. The van der Waals surface area contributed by atoms with E-state index in [0.717, 1.165) is 15.4 Å². The standard InChI is InChI=1S/C27H30ClN3O4S/c1-19-10-13-24(14-11-19)36(34,35)31(25-15-12-23(28)16-20(25)2)18-26(32)30(21(3)27(33)29-4)17-22-8-6-5-7-9-22/h5-16,21H,17-18H2,1-4H3,(H,29,33). The lowest BCUT2D eigenvalue weighted by Gasteiger charge is -2.32. The third kappa shape index (κ3) is 6.25. The van der Waals surface area contributed by atoms with Gasteiger partial charge in [-0.1, -0.05) is 59.6 Å². The Morgan fingerprint density at radius 3 is 2.19 bits per heavy atom. The van der Waals surface area contributed by atoms with E-state index in [1.165, 1.54) is 24.1 Å². The van der Waals surface area contributed by atoms with Crippen LogP contribution in [0, 0.1) is 13.8 Å². The Bertz CT molecular complexity index is 1330. The number of amides is 2. The fourth-order valence-corrected chi connectivity index (χ4v) is 5.53. The Kier molecular flexibility index (Phi) is 8.76. The van der Waals surface area contributed by atoms with Crippen molar-refractivity contribution in [2.24, 2.45) is 0 Å². The van der Waals surface area contributed by atoms with Gasteiger partial charge >= 0.3 is 0 Å². The van der Waals surface area contributed by atoms with E-state index in [4.69, 9.17) is 11.6 Å². The minimum absolute atomic E-state index is 0.0595. The normalized spacial score (nSPS) is 12.0. The van der Waals surface area contributed by atoms with Crippen LogP contribution in [0.3, 0.4) is 0 Å². The summed E-state index contributed by atoms with van der Waals surface area (Å²) in [6, 6.07) is 19.7. The summed E-state index contributed by atoms with van der Waals surface area (Å²) in [5.74, 6) is -0.866. The number of sulfonamides is 1. The molecule has 0 bridgehead atoms. The van der Waals surface area contributed by atoms with Crippen molar-refractivity contribution in [3.8, 4) is 0 Å². The van der Waals surface area contributed by atoms with Crippen LogP contribution in [0.2, 0.25) is 5.02 Å². The molecule has 0 aromatic heterocycles. The molecule has 3 aromatic rings. The first kappa shape index (κ1) is 27.2. The smallest absolute Gasteiger partial charge is 0.264 e. The van der Waals surface area contributed by atoms with Gasteiger partial charge < -0.3 is 10.2 Å². The molecule has 0 aliphatic heterocycles. The largest absolute Gasteiger partial charge is 0.357 e. The number of hydrogen-bond acceptors (Lipinski definition) is 4. The summed E-state index contributed by atoms with van der Waals surface area (Å²) < 4.78 is 28.7. The number of carbonyl (C=O) groups excluding carboxylic acids is 2. The lowest BCUT2D eigenvalue weighted by atomic mass is 10.1. The van der Waals surface area contributed by atoms with E-state index in [2.05, 4.69) is 5.32 Å². The topological polar surface area (TPSA) is 86.8 Å². The van der Waals surface area contributed by atoms with Gasteiger partial charge in [0.2, 0.25) is 11.8 Å². The van der Waals surface area contributed by atoms with Crippen molar-refractivity contribution in [2.75, 3.05) is 17.9 Å². The second kappa shape index (κ2) is 11.6. The SMILES string of the molecule is CNC(=O)C(C)N(Cc1ccccc1)C(=O)CN(c1ccc(Cl)cc1C)S(=O)(=O)c1ccc(C)cc1. The first-order valence-corrected chi connectivity index (χ1v) is 13.3. The van der Waals surface area contributed by atoms with E-state index in [1.54, 1.807) is 44.2 Å². The molecule has 0 heterocycles. The zero-order chi connectivity index (χ0) is 26.5. The molecule has 1 N–H and O–H groups in total. The summed E-state index contributed by atoms with van der Waals surface area (Å²) in [6.07, 6.45) is 0. The van der Waals surface area contributed by atoms with E-state index in [1.807, 2.05) is 37.3 Å². The lowest BCUT2D eigenvalue weighted by molar-refractivity contribution is -0.139. The summed E-state index contributed by atoms with van der Waals surface area (Å²) in [5, 5.41) is 3.02.